The Kier molecular flexibility index (Phi) is 4.24. The highest BCUT2D eigenvalue weighted by molar-refractivity contribution is 5.26. The number of benzene rings is 1. The van der Waals surface area contributed by atoms with Crippen molar-refractivity contribution >= 4 is 0 Å². The van der Waals surface area contributed by atoms with Gasteiger partial charge in [0.2, 0.25) is 0 Å². The molecule has 1 aromatic rings. The molecule has 0 amide bonds. The van der Waals surface area contributed by atoms with E-state index in [0.717, 1.165) is 12.1 Å². The van der Waals surface area contributed by atoms with Crippen molar-refractivity contribution in [2.24, 2.45) is 0 Å². The van der Waals surface area contributed by atoms with E-state index in [1.165, 1.54) is 6.07 Å². The Hall–Kier alpha value is -0.930. The number of hydrogen-bond donors (Lipinski definition) is 2. The van der Waals surface area contributed by atoms with Gasteiger partial charge in [-0.15, -0.1) is 0 Å². The lowest BCUT2D eigenvalue weighted by Crippen LogP contribution is -2.32. The van der Waals surface area contributed by atoms with Crippen molar-refractivity contribution in [3.63, 3.8) is 0 Å². The first-order valence-electron chi connectivity index (χ1n) is 5.23. The number of nitrogens with one attached hydrogen (secondary N) is 1. The SMILES string of the molecule is CCNC(C)C(O)c1cc(C)ccc1F. The van der Waals surface area contributed by atoms with Crippen molar-refractivity contribution < 1.29 is 9.50 Å². The topological polar surface area (TPSA) is 32.3 Å². The molecular weight excluding hydrogens is 193 g/mol. The van der Waals surface area contributed by atoms with E-state index in [0.29, 0.717) is 5.56 Å². The van der Waals surface area contributed by atoms with Crippen LogP contribution in [0.2, 0.25) is 0 Å². The number of aryl methyl sites for hydroxylation is 1. The van der Waals surface area contributed by atoms with Gasteiger partial charge in [0.15, 0.2) is 0 Å². The van der Waals surface area contributed by atoms with E-state index < -0.39 is 6.10 Å². The Labute approximate surface area is 90.1 Å². The third-order valence-corrected chi connectivity index (χ3v) is 2.47. The summed E-state index contributed by atoms with van der Waals surface area (Å²) < 4.78 is 13.4. The molecule has 0 heterocycles. The molecular formula is C12H18FNO. The maximum Gasteiger partial charge on any atom is 0.129 e. The molecule has 0 bridgehead atoms. The average Bonchev–Trinajstić information content (AvgIpc) is 2.21. The van der Waals surface area contributed by atoms with E-state index in [9.17, 15) is 9.50 Å². The van der Waals surface area contributed by atoms with E-state index in [-0.39, 0.29) is 11.9 Å². The molecule has 1 rings (SSSR count). The fourth-order valence-corrected chi connectivity index (χ4v) is 1.59. The maximum absolute atomic E-state index is 13.4. The molecule has 3 heteroatoms. The van der Waals surface area contributed by atoms with Crippen molar-refractivity contribution in [2.75, 3.05) is 6.54 Å². The second-order valence-electron chi connectivity index (χ2n) is 3.82. The lowest BCUT2D eigenvalue weighted by atomic mass is 10.0. The van der Waals surface area contributed by atoms with Gasteiger partial charge >= 0.3 is 0 Å². The highest BCUT2D eigenvalue weighted by Crippen LogP contribution is 2.21. The minimum absolute atomic E-state index is 0.147. The zero-order chi connectivity index (χ0) is 11.4. The Morgan fingerprint density at radius 2 is 2.13 bits per heavy atom. The molecule has 2 unspecified atom stereocenters. The summed E-state index contributed by atoms with van der Waals surface area (Å²) in [5, 5.41) is 13.0. The Balaban J connectivity index is 2.89. The molecule has 2 atom stereocenters. The van der Waals surface area contributed by atoms with Gasteiger partial charge in [-0.1, -0.05) is 24.6 Å². The molecule has 0 aromatic heterocycles. The summed E-state index contributed by atoms with van der Waals surface area (Å²) in [6.07, 6.45) is -0.801. The van der Waals surface area contributed by atoms with Gasteiger partial charge in [-0.2, -0.15) is 0 Å². The summed E-state index contributed by atoms with van der Waals surface area (Å²) in [6.45, 7) is 6.44. The molecule has 0 fully saturated rings. The first kappa shape index (κ1) is 12.1. The van der Waals surface area contributed by atoms with Gasteiger partial charge in [-0.25, -0.2) is 4.39 Å². The minimum Gasteiger partial charge on any atom is -0.387 e. The first-order valence-corrected chi connectivity index (χ1v) is 5.23. The van der Waals surface area contributed by atoms with Gasteiger partial charge in [0.1, 0.15) is 5.82 Å². The lowest BCUT2D eigenvalue weighted by molar-refractivity contribution is 0.133. The molecule has 84 valence electrons. The van der Waals surface area contributed by atoms with E-state index in [1.807, 2.05) is 20.8 Å². The van der Waals surface area contributed by atoms with Crippen LogP contribution in [0.25, 0.3) is 0 Å². The Morgan fingerprint density at radius 3 is 2.73 bits per heavy atom. The van der Waals surface area contributed by atoms with Crippen molar-refractivity contribution in [2.45, 2.75) is 32.9 Å². The van der Waals surface area contributed by atoms with Crippen molar-refractivity contribution in [3.8, 4) is 0 Å². The predicted molar refractivity (Wildman–Crippen MR) is 59.2 cm³/mol. The molecule has 0 saturated carbocycles. The van der Waals surface area contributed by atoms with Crippen molar-refractivity contribution in [3.05, 3.63) is 35.1 Å². The molecule has 0 aliphatic rings. The fourth-order valence-electron chi connectivity index (χ4n) is 1.59. The van der Waals surface area contributed by atoms with Crippen LogP contribution in [-0.4, -0.2) is 17.7 Å². The third-order valence-electron chi connectivity index (χ3n) is 2.47. The Morgan fingerprint density at radius 1 is 1.47 bits per heavy atom. The normalized spacial score (nSPS) is 15.0. The van der Waals surface area contributed by atoms with Crippen molar-refractivity contribution in [1.29, 1.82) is 0 Å². The molecule has 0 spiro atoms. The largest absolute Gasteiger partial charge is 0.387 e. The minimum atomic E-state index is -0.801. The van der Waals surface area contributed by atoms with Crippen LogP contribution in [0.4, 0.5) is 4.39 Å². The third kappa shape index (κ3) is 3.01. The number of aliphatic hydroxyl groups excluding tert-OH is 1. The smallest absolute Gasteiger partial charge is 0.129 e. The molecule has 2 nitrogen and oxygen atoms in total. The van der Waals surface area contributed by atoms with Crippen LogP contribution in [0.3, 0.4) is 0 Å². The first-order chi connectivity index (χ1) is 7.06. The van der Waals surface area contributed by atoms with E-state index in [1.54, 1.807) is 12.1 Å². The lowest BCUT2D eigenvalue weighted by Gasteiger charge is -2.20. The number of likely N-dealkylation sites (N-methyl/N-ethyl adjacent to an activating group) is 1. The fraction of sp³-hybridized carbons (Fsp3) is 0.500. The summed E-state index contributed by atoms with van der Waals surface area (Å²) in [7, 11) is 0. The van der Waals surface area contributed by atoms with Gasteiger partial charge in [-0.3, -0.25) is 0 Å². The second-order valence-corrected chi connectivity index (χ2v) is 3.82. The van der Waals surface area contributed by atoms with E-state index in [4.69, 9.17) is 0 Å². The van der Waals surface area contributed by atoms with Crippen LogP contribution in [0, 0.1) is 12.7 Å². The van der Waals surface area contributed by atoms with Gasteiger partial charge < -0.3 is 10.4 Å². The molecule has 1 aromatic carbocycles. The van der Waals surface area contributed by atoms with Crippen molar-refractivity contribution in [1.82, 2.24) is 5.32 Å². The van der Waals surface area contributed by atoms with Crippen LogP contribution in [0.1, 0.15) is 31.1 Å². The summed E-state index contributed by atoms with van der Waals surface area (Å²) in [5.74, 6) is -0.349. The standard InChI is InChI=1S/C12H18FNO/c1-4-14-9(3)12(15)10-7-8(2)5-6-11(10)13/h5-7,9,12,14-15H,4H2,1-3H3. The van der Waals surface area contributed by atoms with E-state index >= 15 is 0 Å². The zero-order valence-corrected chi connectivity index (χ0v) is 9.42. The number of halogens is 1. The highest BCUT2D eigenvalue weighted by Gasteiger charge is 2.18. The van der Waals surface area contributed by atoms with Gasteiger partial charge in [0.25, 0.3) is 0 Å². The van der Waals surface area contributed by atoms with Crippen LogP contribution < -0.4 is 5.32 Å². The van der Waals surface area contributed by atoms with Crippen LogP contribution in [0.5, 0.6) is 0 Å². The maximum atomic E-state index is 13.4. The molecule has 0 aliphatic heterocycles. The molecule has 2 N–H and O–H groups in total. The monoisotopic (exact) mass is 211 g/mol. The molecule has 0 saturated heterocycles. The van der Waals surface area contributed by atoms with Crippen LogP contribution in [-0.2, 0) is 0 Å². The van der Waals surface area contributed by atoms with Gasteiger partial charge in [0.05, 0.1) is 6.10 Å². The Bertz CT molecular complexity index is 327. The molecule has 15 heavy (non-hydrogen) atoms. The summed E-state index contributed by atoms with van der Waals surface area (Å²) in [6, 6.07) is 4.63. The number of aliphatic hydroxyl groups is 1. The quantitative estimate of drug-likeness (QED) is 0.800. The predicted octanol–water partition coefficient (Wildman–Crippen LogP) is 2.17. The average molecular weight is 211 g/mol. The molecule has 0 radical (unpaired) electrons. The zero-order valence-electron chi connectivity index (χ0n) is 9.42. The van der Waals surface area contributed by atoms with Gasteiger partial charge in [-0.05, 0) is 26.5 Å². The van der Waals surface area contributed by atoms with Crippen LogP contribution in [0.15, 0.2) is 18.2 Å². The summed E-state index contributed by atoms with van der Waals surface area (Å²) in [4.78, 5) is 0. The summed E-state index contributed by atoms with van der Waals surface area (Å²) in [5.41, 5.74) is 1.32. The molecule has 0 aliphatic carbocycles. The number of hydrogen-bond acceptors (Lipinski definition) is 2. The second kappa shape index (κ2) is 5.24. The highest BCUT2D eigenvalue weighted by atomic mass is 19.1. The summed E-state index contributed by atoms with van der Waals surface area (Å²) >= 11 is 0. The number of rotatable bonds is 4. The van der Waals surface area contributed by atoms with E-state index in [2.05, 4.69) is 5.32 Å². The van der Waals surface area contributed by atoms with Crippen LogP contribution >= 0.6 is 0 Å². The van der Waals surface area contributed by atoms with Gasteiger partial charge in [0, 0.05) is 11.6 Å².